The molecule has 12 aliphatic heterocycles. The number of hydrogen-bond acceptors (Lipinski definition) is 36. The van der Waals surface area contributed by atoms with Crippen LogP contribution < -0.4 is 56.0 Å². The van der Waals surface area contributed by atoms with E-state index in [9.17, 15) is 54.8 Å². The molecule has 1 atom stereocenters. The van der Waals surface area contributed by atoms with Gasteiger partial charge >= 0.3 is 93.0 Å². The van der Waals surface area contributed by atoms with E-state index in [1.54, 1.807) is 7.05 Å². The smallest absolute Gasteiger partial charge is 0.297 e. The van der Waals surface area contributed by atoms with Crippen molar-refractivity contribution in [1.29, 1.82) is 0 Å². The van der Waals surface area contributed by atoms with Crippen molar-refractivity contribution in [2.24, 2.45) is 65.0 Å². The summed E-state index contributed by atoms with van der Waals surface area (Å²) in [7, 11) is -37.4. The highest BCUT2D eigenvalue weighted by Crippen LogP contribution is 2.61. The van der Waals surface area contributed by atoms with Gasteiger partial charge in [0.2, 0.25) is 0 Å². The Morgan fingerprint density at radius 3 is 0.579 bits per heavy atom. The fourth-order valence-electron chi connectivity index (χ4n) is 11.9. The van der Waals surface area contributed by atoms with Crippen LogP contribution in [-0.4, -0.2) is 242 Å². The lowest BCUT2D eigenvalue weighted by molar-refractivity contribution is 0.0222. The van der Waals surface area contributed by atoms with Crippen molar-refractivity contribution in [1.82, 2.24) is 60.6 Å². The normalized spacial score (nSPS) is 30.3. The van der Waals surface area contributed by atoms with Gasteiger partial charge < -0.3 is 0 Å². The quantitative estimate of drug-likeness (QED) is 0.0158. The van der Waals surface area contributed by atoms with Gasteiger partial charge in [0.15, 0.2) is 0 Å². The Labute approximate surface area is 832 Å². The lowest BCUT2D eigenvalue weighted by Crippen LogP contribution is -2.38. The van der Waals surface area contributed by atoms with E-state index in [4.69, 9.17) is 109 Å². The van der Waals surface area contributed by atoms with Crippen LogP contribution in [-0.2, 0) is 163 Å². The molecule has 140 heavy (non-hydrogen) atoms. The molecule has 12 aliphatic rings. The number of likely N-dealkylation sites (N-methyl/N-ethyl adjacent to an activating group) is 1. The summed E-state index contributed by atoms with van der Waals surface area (Å²) < 4.78 is 277. The Morgan fingerprint density at radius 2 is 0.364 bits per heavy atom. The van der Waals surface area contributed by atoms with Crippen molar-refractivity contribution >= 4 is 93.0 Å². The minimum absolute atomic E-state index is 0.0577. The topological polar surface area (TPSA) is 562 Å². The molecule has 0 bridgehead atoms. The van der Waals surface area contributed by atoms with Gasteiger partial charge in [0, 0.05) is 125 Å². The first-order chi connectivity index (χ1) is 64.2. The molecule has 0 aromatic rings. The van der Waals surface area contributed by atoms with Crippen molar-refractivity contribution < 1.29 is 163 Å². The molecule has 0 radical (unpaired) electrons. The SMILES string of the molecule is CC1(C)CCOP(=O)(NCCNP2(=O)OCC(C)(C)CO2)OC1.CC1(C)COP(=O)(NCCCCCCNP2(=O)OCC(C)(C)CO2)OC1.CC1(C)COP(=O)(NCCCCNP2(=O)OCC(C)(C)CO2)OC1.CC1(C)COP(=O)(NCCNP2(=O)OCC(C)(C)CO2)OC1.CCC1(C)COP(=O)(NCNP2(=O)OCC(C)(C)CO2)OC1.CN(CCNP1(=O)OCC(C)(C)CO1)P1(=O)OCC(C)(C)CO1. The van der Waals surface area contributed by atoms with Gasteiger partial charge in [-0.1, -0.05) is 179 Å². The molecule has 12 saturated heterocycles. The predicted octanol–water partition coefficient (Wildman–Crippen LogP) is 18.6. The minimum Gasteiger partial charge on any atom is -0.297 e. The van der Waals surface area contributed by atoms with Crippen LogP contribution in [0.3, 0.4) is 0 Å². The third-order valence-electron chi connectivity index (χ3n) is 22.3. The average molecular weight is 2250 g/mol. The second kappa shape index (κ2) is 53.2. The Hall–Kier alpha value is 1.32. The molecular weight excluding hydrogens is 2080 g/mol. The van der Waals surface area contributed by atoms with Crippen molar-refractivity contribution in [2.75, 3.05) is 238 Å². The molecule has 0 saturated carbocycles. The van der Waals surface area contributed by atoms with E-state index in [1.165, 1.54) is 4.67 Å². The van der Waals surface area contributed by atoms with Crippen LogP contribution in [0.5, 0.6) is 0 Å². The first kappa shape index (κ1) is 128. The second-order valence-corrected chi connectivity index (χ2v) is 68.2. The molecule has 1 unspecified atom stereocenters. The van der Waals surface area contributed by atoms with Crippen molar-refractivity contribution in [2.45, 2.75) is 218 Å². The van der Waals surface area contributed by atoms with Crippen LogP contribution in [0.1, 0.15) is 218 Å². The van der Waals surface area contributed by atoms with Gasteiger partial charge in [-0.3, -0.25) is 109 Å². The van der Waals surface area contributed by atoms with Crippen LogP contribution >= 0.6 is 93.0 Å². The van der Waals surface area contributed by atoms with Gasteiger partial charge in [-0.05, 0) is 51.0 Å². The maximum absolute atomic E-state index is 12.6. The zero-order chi connectivity index (χ0) is 105. The fourth-order valence-corrected chi connectivity index (χ4v) is 32.1. The van der Waals surface area contributed by atoms with Crippen LogP contribution in [0.2, 0.25) is 0 Å². The molecule has 12 fully saturated rings. The van der Waals surface area contributed by atoms with Gasteiger partial charge in [0.05, 0.1) is 165 Å². The van der Waals surface area contributed by atoms with E-state index in [-0.39, 0.29) is 104 Å². The number of hydrogen-bond donors (Lipinski definition) is 11. The summed E-state index contributed by atoms with van der Waals surface area (Å²) in [6.45, 7) is 60.9. The Bertz CT molecular complexity index is 4230. The summed E-state index contributed by atoms with van der Waals surface area (Å²) in [5.41, 5.74) is -1.49. The van der Waals surface area contributed by atoms with E-state index < -0.39 is 93.0 Å². The Balaban J connectivity index is 0.000000229. The lowest BCUT2D eigenvalue weighted by Gasteiger charge is -2.37. The first-order valence-electron chi connectivity index (χ1n) is 47.9. The van der Waals surface area contributed by atoms with E-state index >= 15 is 0 Å². The zero-order valence-electron chi connectivity index (χ0n) is 87.4. The van der Waals surface area contributed by atoms with Gasteiger partial charge in [-0.15, -0.1) is 0 Å². The Kier molecular flexibility index (Phi) is 48.7. The fraction of sp³-hybridized carbons (Fsp3) is 1.00. The molecule has 0 amide bonds. The summed E-state index contributed by atoms with van der Waals surface area (Å²) >= 11 is 0. The maximum atomic E-state index is 12.6. The molecule has 0 spiro atoms. The van der Waals surface area contributed by atoms with Gasteiger partial charge in [-0.2, -0.15) is 0 Å². The van der Waals surface area contributed by atoms with Crippen molar-refractivity contribution in [3.63, 3.8) is 0 Å². The van der Waals surface area contributed by atoms with E-state index in [1.807, 2.05) is 166 Å². The molecule has 828 valence electrons. The summed E-state index contributed by atoms with van der Waals surface area (Å²) in [6, 6.07) is 0. The van der Waals surface area contributed by atoms with E-state index in [0.29, 0.717) is 191 Å². The highest BCUT2D eigenvalue weighted by atomic mass is 31.2. The first-order valence-corrected chi connectivity index (χ1v) is 66.3. The van der Waals surface area contributed by atoms with Crippen LogP contribution in [0.15, 0.2) is 0 Å². The molecular formula is C80H172N12O36P12. The molecule has 48 nitrogen and oxygen atoms in total. The highest BCUT2D eigenvalue weighted by molar-refractivity contribution is 7.55. The third kappa shape index (κ3) is 47.7. The summed E-state index contributed by atoms with van der Waals surface area (Å²) in [4.78, 5) is 0. The summed E-state index contributed by atoms with van der Waals surface area (Å²) in [5.74, 6) is 0. The molecule has 60 heteroatoms. The molecule has 0 aromatic carbocycles. The van der Waals surface area contributed by atoms with Gasteiger partial charge in [0.1, 0.15) is 0 Å². The van der Waals surface area contributed by atoms with Crippen LogP contribution in [0.4, 0.5) is 0 Å². The number of nitrogens with zero attached hydrogens (tertiary/aromatic N) is 1. The van der Waals surface area contributed by atoms with E-state index in [2.05, 4.69) is 56.0 Å². The average Bonchev–Trinajstić information content (AvgIpc) is 1.23. The molecule has 12 heterocycles. The highest BCUT2D eigenvalue weighted by Gasteiger charge is 2.48. The van der Waals surface area contributed by atoms with Crippen LogP contribution in [0, 0.1) is 65.0 Å². The standard InChI is InChI=1S/C16H34N2O6P2.C14H30N2O6P2.2C13H28N2O6P2.2C12H26N2O6P2/c1-15(2)11-21-25(19,22-12-15)17-9-7-5-6-8-10-18-26(20)23-13-16(3,4)14-24-26;1-13(2)9-19-23(17,20-10-13)15-7-5-6-8-16-24(18)21-11-14(3,4)12-22-24;1-12(2)8-18-22(16,19-9-12)14-6-7-15(5)23(17)20-10-13(3,4)11-21-23;1-12(2)5-8-18-22(16,19-9-12)14-6-7-15-23(17)20-10-13(3,4)11-21-23;1-11(2)7-17-21(15,18-8-11)13-5-6-14-22(16)19-9-12(3,4)10-20-22;1-5-12(4)8-19-22(16,20-9-12)14-10-13-21(15)17-6-11(2,3)7-18-21/h5-14H2,1-4H3,(H,17,19)(H,18,20);5-12H2,1-4H3,(H,15,17)(H,16,18);6-11H2,1-5H3,(H,14,16);5-11H2,1-4H3,(H,14,16)(H,15,17);2*5-10H2,1-4H3,(H,13,15)(H,14,16). The zero-order valence-corrected chi connectivity index (χ0v) is 98.1. The molecule has 0 aliphatic carbocycles. The number of rotatable bonds is 36. The van der Waals surface area contributed by atoms with Crippen LogP contribution in [0.25, 0.3) is 0 Å². The largest absolute Gasteiger partial charge is 0.407 e. The second-order valence-electron chi connectivity index (χ2n) is 46.0. The minimum atomic E-state index is -3.37. The van der Waals surface area contributed by atoms with Crippen molar-refractivity contribution in [3.8, 4) is 0 Å². The number of nitrogens with one attached hydrogen (secondary N) is 11. The monoisotopic (exact) mass is 2250 g/mol. The lowest BCUT2D eigenvalue weighted by atomic mass is 9.90. The molecule has 11 N–H and O–H groups in total. The Morgan fingerprint density at radius 1 is 0.200 bits per heavy atom. The molecule has 0 aromatic heterocycles. The molecule has 12 rings (SSSR count). The maximum Gasteiger partial charge on any atom is 0.407 e. The van der Waals surface area contributed by atoms with Gasteiger partial charge in [0.25, 0.3) is 0 Å². The van der Waals surface area contributed by atoms with E-state index in [0.717, 1.165) is 51.4 Å². The third-order valence-corrected chi connectivity index (χ3v) is 41.2. The summed E-state index contributed by atoms with van der Waals surface area (Å²) in [6.07, 6.45) is 6.81. The predicted molar refractivity (Wildman–Crippen MR) is 532 cm³/mol. The number of unbranched alkanes of at least 4 members (excludes halogenated alkanes) is 4. The summed E-state index contributed by atoms with van der Waals surface area (Å²) in [5, 5.41) is 30.5. The van der Waals surface area contributed by atoms with Crippen molar-refractivity contribution in [3.05, 3.63) is 0 Å². The van der Waals surface area contributed by atoms with Gasteiger partial charge in [-0.25, -0.2) is 115 Å².